The van der Waals surface area contributed by atoms with Gasteiger partial charge in [-0.3, -0.25) is 4.79 Å². The van der Waals surface area contributed by atoms with Crippen molar-refractivity contribution in [1.29, 1.82) is 0 Å². The Morgan fingerprint density at radius 3 is 2.15 bits per heavy atom. The van der Waals surface area contributed by atoms with E-state index in [0.29, 0.717) is 5.92 Å². The molecule has 1 amide bonds. The molecular weight excluding hydrogens is 334 g/mol. The van der Waals surface area contributed by atoms with E-state index < -0.39 is 0 Å². The van der Waals surface area contributed by atoms with Crippen LogP contribution in [-0.2, 0) is 4.79 Å². The van der Waals surface area contributed by atoms with Crippen LogP contribution in [0.1, 0.15) is 40.5 Å². The summed E-state index contributed by atoms with van der Waals surface area (Å²) in [5.41, 5.74) is 6.15. The average Bonchev–Trinajstić information content (AvgIpc) is 2.74. The van der Waals surface area contributed by atoms with Crippen molar-refractivity contribution < 1.29 is 9.53 Å². The van der Waals surface area contributed by atoms with E-state index in [1.807, 2.05) is 24.3 Å². The van der Waals surface area contributed by atoms with Crippen molar-refractivity contribution in [3.8, 4) is 5.75 Å². The minimum absolute atomic E-state index is 0.0639. The molecule has 3 heteroatoms. The number of anilines is 1. The molecule has 3 aromatic carbocycles. The van der Waals surface area contributed by atoms with E-state index in [-0.39, 0.29) is 17.7 Å². The highest BCUT2D eigenvalue weighted by Gasteiger charge is 2.45. The molecule has 134 valence electrons. The molecule has 3 aliphatic carbocycles. The summed E-state index contributed by atoms with van der Waals surface area (Å²) in [6.07, 6.45) is 0.856. The van der Waals surface area contributed by atoms with Gasteiger partial charge in [0.05, 0.1) is 13.0 Å². The minimum Gasteiger partial charge on any atom is -0.497 e. The molecule has 0 saturated heterocycles. The molecule has 6 rings (SSSR count). The molecule has 3 nitrogen and oxygen atoms in total. The molecule has 27 heavy (non-hydrogen) atoms. The van der Waals surface area contributed by atoms with Gasteiger partial charge in [0, 0.05) is 23.6 Å². The summed E-state index contributed by atoms with van der Waals surface area (Å²) in [5, 5.41) is 3.11. The number of methoxy groups -OCH3 is 1. The number of nitrogens with one attached hydrogen (secondary N) is 1. The van der Waals surface area contributed by atoms with E-state index in [0.717, 1.165) is 17.9 Å². The Bertz CT molecular complexity index is 979. The highest BCUT2D eigenvalue weighted by atomic mass is 16.5. The summed E-state index contributed by atoms with van der Waals surface area (Å²) in [6, 6.07) is 24.7. The maximum absolute atomic E-state index is 13.2. The van der Waals surface area contributed by atoms with Gasteiger partial charge in [0.2, 0.25) is 5.91 Å². The molecule has 3 aliphatic rings. The number of rotatable bonds is 3. The van der Waals surface area contributed by atoms with E-state index >= 15 is 0 Å². The zero-order valence-corrected chi connectivity index (χ0v) is 15.2. The molecule has 1 N–H and O–H groups in total. The third kappa shape index (κ3) is 2.54. The van der Waals surface area contributed by atoms with Crippen molar-refractivity contribution in [2.75, 3.05) is 12.4 Å². The Morgan fingerprint density at radius 2 is 1.52 bits per heavy atom. The quantitative estimate of drug-likeness (QED) is 0.723. The van der Waals surface area contributed by atoms with Gasteiger partial charge in [-0.2, -0.15) is 0 Å². The second-order valence-electron chi connectivity index (χ2n) is 7.35. The van der Waals surface area contributed by atoms with Gasteiger partial charge in [0.1, 0.15) is 5.75 Å². The zero-order valence-electron chi connectivity index (χ0n) is 15.2. The molecular formula is C24H21NO2. The van der Waals surface area contributed by atoms with Crippen molar-refractivity contribution in [3.63, 3.8) is 0 Å². The van der Waals surface area contributed by atoms with E-state index in [4.69, 9.17) is 4.74 Å². The smallest absolute Gasteiger partial charge is 0.228 e. The number of hydrogen-bond donors (Lipinski definition) is 1. The number of hydrogen-bond acceptors (Lipinski definition) is 2. The zero-order chi connectivity index (χ0) is 18.4. The average molecular weight is 355 g/mol. The first kappa shape index (κ1) is 16.1. The molecule has 3 aromatic rings. The molecule has 0 aromatic heterocycles. The summed E-state index contributed by atoms with van der Waals surface area (Å²) in [5.74, 6) is 1.18. The number of carbonyl (C=O) groups is 1. The van der Waals surface area contributed by atoms with Crippen molar-refractivity contribution in [3.05, 3.63) is 95.1 Å². The molecule has 0 unspecified atom stereocenters. The molecule has 0 heterocycles. The van der Waals surface area contributed by atoms with Crippen LogP contribution in [0.5, 0.6) is 5.75 Å². The van der Waals surface area contributed by atoms with E-state index in [1.165, 1.54) is 22.3 Å². The molecule has 0 spiro atoms. The number of benzene rings is 3. The van der Waals surface area contributed by atoms with Gasteiger partial charge in [0.25, 0.3) is 0 Å². The molecule has 0 aliphatic heterocycles. The predicted octanol–water partition coefficient (Wildman–Crippen LogP) is 4.93. The highest BCUT2D eigenvalue weighted by Crippen LogP contribution is 2.55. The summed E-state index contributed by atoms with van der Waals surface area (Å²) in [4.78, 5) is 13.2. The van der Waals surface area contributed by atoms with Crippen molar-refractivity contribution in [2.45, 2.75) is 18.3 Å². The first-order chi connectivity index (χ1) is 13.3. The van der Waals surface area contributed by atoms with Crippen LogP contribution in [0.15, 0.2) is 72.8 Å². The van der Waals surface area contributed by atoms with E-state index in [2.05, 4.69) is 53.8 Å². The van der Waals surface area contributed by atoms with E-state index in [1.54, 1.807) is 7.11 Å². The molecule has 1 atom stereocenters. The van der Waals surface area contributed by atoms with Gasteiger partial charge in [-0.15, -0.1) is 0 Å². The van der Waals surface area contributed by atoms with Crippen molar-refractivity contribution >= 4 is 11.6 Å². The van der Waals surface area contributed by atoms with Crippen LogP contribution in [0.25, 0.3) is 0 Å². The van der Waals surface area contributed by atoms with Crippen LogP contribution < -0.4 is 10.1 Å². The van der Waals surface area contributed by atoms with Crippen LogP contribution in [0, 0.1) is 5.92 Å². The lowest BCUT2D eigenvalue weighted by Gasteiger charge is -2.44. The lowest BCUT2D eigenvalue weighted by molar-refractivity contribution is -0.121. The fourth-order valence-electron chi connectivity index (χ4n) is 4.83. The second kappa shape index (κ2) is 6.27. The highest BCUT2D eigenvalue weighted by molar-refractivity contribution is 5.94. The lowest BCUT2D eigenvalue weighted by Crippen LogP contribution is -2.38. The Balaban J connectivity index is 1.52. The number of ether oxygens (including phenoxy) is 1. The Labute approximate surface area is 159 Å². The van der Waals surface area contributed by atoms with Gasteiger partial charge in [-0.25, -0.2) is 0 Å². The Kier molecular flexibility index (Phi) is 3.75. The minimum atomic E-state index is -0.0639. The number of amides is 1. The van der Waals surface area contributed by atoms with Crippen molar-refractivity contribution in [2.24, 2.45) is 5.92 Å². The van der Waals surface area contributed by atoms with Crippen molar-refractivity contribution in [1.82, 2.24) is 0 Å². The number of carbonyl (C=O) groups excluding carboxylic acids is 1. The fraction of sp³-hybridized carbons (Fsp3) is 0.208. The lowest BCUT2D eigenvalue weighted by atomic mass is 9.59. The van der Waals surface area contributed by atoms with Crippen LogP contribution >= 0.6 is 0 Å². The third-order valence-corrected chi connectivity index (χ3v) is 5.98. The first-order valence-corrected chi connectivity index (χ1v) is 9.39. The Hall–Kier alpha value is -3.07. The van der Waals surface area contributed by atoms with Crippen LogP contribution in [0.2, 0.25) is 0 Å². The van der Waals surface area contributed by atoms with Gasteiger partial charge >= 0.3 is 0 Å². The van der Waals surface area contributed by atoms with E-state index in [9.17, 15) is 4.79 Å². The number of fused-ring (bicyclic) bond motifs is 1. The standard InChI is InChI=1S/C24H21NO2/c1-27-16-8-6-7-15(13-16)25-24(26)22-14-21-17-9-2-4-11-19(17)23(22)20-12-5-3-10-18(20)21/h2-13,21-23H,14H2,1H3,(H,25,26)/t21?,22-,23?/m1/s1. The summed E-state index contributed by atoms with van der Waals surface area (Å²) < 4.78 is 5.27. The monoisotopic (exact) mass is 355 g/mol. The largest absolute Gasteiger partial charge is 0.497 e. The molecule has 0 saturated carbocycles. The van der Waals surface area contributed by atoms with Crippen LogP contribution in [0.3, 0.4) is 0 Å². The maximum atomic E-state index is 13.2. The fourth-order valence-corrected chi connectivity index (χ4v) is 4.83. The SMILES string of the molecule is COc1cccc(NC(=O)[C@@H]2CC3c4ccccc4C2c2ccccc23)c1. The topological polar surface area (TPSA) is 38.3 Å². The molecule has 0 fully saturated rings. The van der Waals surface area contributed by atoms with Crippen LogP contribution in [0.4, 0.5) is 5.69 Å². The second-order valence-corrected chi connectivity index (χ2v) is 7.35. The van der Waals surface area contributed by atoms with Crippen LogP contribution in [-0.4, -0.2) is 13.0 Å². The summed E-state index contributed by atoms with van der Waals surface area (Å²) in [7, 11) is 1.63. The maximum Gasteiger partial charge on any atom is 0.228 e. The normalized spacial score (nSPS) is 21.9. The predicted molar refractivity (Wildman–Crippen MR) is 106 cm³/mol. The van der Waals surface area contributed by atoms with Gasteiger partial charge in [0.15, 0.2) is 0 Å². The molecule has 2 bridgehead atoms. The first-order valence-electron chi connectivity index (χ1n) is 9.39. The summed E-state index contributed by atoms with van der Waals surface area (Å²) >= 11 is 0. The van der Waals surface area contributed by atoms with Gasteiger partial charge in [-0.1, -0.05) is 54.6 Å². The Morgan fingerprint density at radius 1 is 0.889 bits per heavy atom. The van der Waals surface area contributed by atoms with Gasteiger partial charge in [-0.05, 0) is 40.8 Å². The molecule has 0 radical (unpaired) electrons. The van der Waals surface area contributed by atoms with Gasteiger partial charge < -0.3 is 10.1 Å². The third-order valence-electron chi connectivity index (χ3n) is 5.98. The summed E-state index contributed by atoms with van der Waals surface area (Å²) in [6.45, 7) is 0.